The third kappa shape index (κ3) is 3.33. The van der Waals surface area contributed by atoms with Crippen LogP contribution in [0.4, 0.5) is 22.0 Å². The van der Waals surface area contributed by atoms with Gasteiger partial charge in [-0.2, -0.15) is 0 Å². The zero-order valence-electron chi connectivity index (χ0n) is 16.7. The number of halogens is 5. The van der Waals surface area contributed by atoms with Crippen LogP contribution in [0.25, 0.3) is 22.3 Å². The number of rotatable bonds is 2. The molecule has 31 heavy (non-hydrogen) atoms. The molecule has 0 spiro atoms. The summed E-state index contributed by atoms with van der Waals surface area (Å²) in [6.45, 7) is 2.80. The molecule has 2 aliphatic rings. The van der Waals surface area contributed by atoms with Crippen molar-refractivity contribution >= 4 is 0 Å². The van der Waals surface area contributed by atoms with E-state index in [4.69, 9.17) is 4.74 Å². The zero-order valence-corrected chi connectivity index (χ0v) is 16.7. The second kappa shape index (κ2) is 7.45. The Labute approximate surface area is 176 Å². The Morgan fingerprint density at radius 1 is 0.774 bits per heavy atom. The fraction of sp³-hybridized carbons (Fsp3) is 0.280. The van der Waals surface area contributed by atoms with Crippen molar-refractivity contribution in [3.63, 3.8) is 0 Å². The Bertz CT molecular complexity index is 1170. The minimum absolute atomic E-state index is 0.101. The van der Waals surface area contributed by atoms with Crippen LogP contribution in [0.2, 0.25) is 0 Å². The second-order valence-corrected chi connectivity index (χ2v) is 8.41. The van der Waals surface area contributed by atoms with Crippen LogP contribution in [-0.4, -0.2) is 6.61 Å². The number of ether oxygens (including phenoxy) is 1. The van der Waals surface area contributed by atoms with Crippen molar-refractivity contribution in [3.8, 4) is 22.3 Å². The van der Waals surface area contributed by atoms with E-state index < -0.39 is 29.1 Å². The van der Waals surface area contributed by atoms with Crippen LogP contribution in [0.3, 0.4) is 0 Å². The normalized spacial score (nSPS) is 22.3. The predicted molar refractivity (Wildman–Crippen MR) is 107 cm³/mol. The molecule has 1 aliphatic carbocycles. The maximum absolute atomic E-state index is 15.0. The van der Waals surface area contributed by atoms with E-state index in [0.29, 0.717) is 24.0 Å². The molecule has 0 aromatic heterocycles. The lowest BCUT2D eigenvalue weighted by atomic mass is 9.77. The van der Waals surface area contributed by atoms with Gasteiger partial charge in [-0.15, -0.1) is 0 Å². The van der Waals surface area contributed by atoms with Gasteiger partial charge in [-0.25, -0.2) is 22.0 Å². The third-order valence-electron chi connectivity index (χ3n) is 6.52. The lowest BCUT2D eigenvalue weighted by Crippen LogP contribution is -2.20. The van der Waals surface area contributed by atoms with Gasteiger partial charge in [0.1, 0.15) is 11.6 Å². The summed E-state index contributed by atoms with van der Waals surface area (Å²) in [7, 11) is 0. The Hall–Kier alpha value is -2.73. The summed E-state index contributed by atoms with van der Waals surface area (Å²) >= 11 is 0. The topological polar surface area (TPSA) is 9.23 Å². The smallest absolute Gasteiger partial charge is 0.194 e. The highest BCUT2D eigenvalue weighted by atomic mass is 19.2. The summed E-state index contributed by atoms with van der Waals surface area (Å²) in [5, 5.41) is 0. The first kappa shape index (κ1) is 20.2. The maximum Gasteiger partial charge on any atom is 0.194 e. The average molecular weight is 430 g/mol. The molecule has 0 radical (unpaired) electrons. The molecule has 1 nitrogen and oxygen atoms in total. The van der Waals surface area contributed by atoms with Crippen LogP contribution in [0.5, 0.6) is 0 Å². The van der Waals surface area contributed by atoms with Crippen molar-refractivity contribution in [1.82, 2.24) is 0 Å². The van der Waals surface area contributed by atoms with Gasteiger partial charge in [0.05, 0.1) is 12.7 Å². The number of fused-ring (bicyclic) bond motifs is 3. The van der Waals surface area contributed by atoms with E-state index in [-0.39, 0.29) is 22.8 Å². The van der Waals surface area contributed by atoms with Crippen molar-refractivity contribution in [2.75, 3.05) is 6.61 Å². The Morgan fingerprint density at radius 3 is 2.16 bits per heavy atom. The first-order chi connectivity index (χ1) is 14.8. The molecule has 1 saturated heterocycles. The van der Waals surface area contributed by atoms with Crippen molar-refractivity contribution < 1.29 is 26.7 Å². The van der Waals surface area contributed by atoms with Crippen molar-refractivity contribution in [3.05, 3.63) is 82.7 Å². The SMILES string of the molecule is CC1COC2c3cc(F)c(-c4ccc(-c5cc(F)c(F)c(F)c5)c(F)c4)cc3CCC12. The van der Waals surface area contributed by atoms with E-state index in [0.717, 1.165) is 42.2 Å². The number of hydrogen-bond acceptors (Lipinski definition) is 1. The van der Waals surface area contributed by atoms with E-state index >= 15 is 4.39 Å². The molecule has 0 N–H and O–H groups in total. The first-order valence-electron chi connectivity index (χ1n) is 10.2. The fourth-order valence-corrected chi connectivity index (χ4v) is 4.84. The molecule has 160 valence electrons. The third-order valence-corrected chi connectivity index (χ3v) is 6.52. The molecule has 5 rings (SSSR count). The maximum atomic E-state index is 15.0. The summed E-state index contributed by atoms with van der Waals surface area (Å²) in [5.41, 5.74) is 2.17. The molecule has 3 aromatic rings. The van der Waals surface area contributed by atoms with Gasteiger partial charge in [0, 0.05) is 11.1 Å². The summed E-state index contributed by atoms with van der Waals surface area (Å²) in [6.07, 6.45) is 1.65. The monoisotopic (exact) mass is 430 g/mol. The first-order valence-corrected chi connectivity index (χ1v) is 10.2. The number of benzene rings is 3. The Morgan fingerprint density at radius 2 is 1.45 bits per heavy atom. The van der Waals surface area contributed by atoms with Gasteiger partial charge >= 0.3 is 0 Å². The number of hydrogen-bond donors (Lipinski definition) is 0. The van der Waals surface area contributed by atoms with E-state index in [1.807, 2.05) is 0 Å². The summed E-state index contributed by atoms with van der Waals surface area (Å²) in [4.78, 5) is 0. The Balaban J connectivity index is 1.53. The Kier molecular flexibility index (Phi) is 4.85. The van der Waals surface area contributed by atoms with Gasteiger partial charge in [0.2, 0.25) is 0 Å². The van der Waals surface area contributed by atoms with Crippen LogP contribution in [0, 0.1) is 40.9 Å². The minimum atomic E-state index is -1.61. The van der Waals surface area contributed by atoms with Gasteiger partial charge in [-0.1, -0.05) is 19.1 Å². The van der Waals surface area contributed by atoms with E-state index in [2.05, 4.69) is 6.92 Å². The molecular formula is C25H19F5O. The summed E-state index contributed by atoms with van der Waals surface area (Å²) in [6, 6.07) is 8.60. The lowest BCUT2D eigenvalue weighted by Gasteiger charge is -2.29. The molecule has 0 bridgehead atoms. The van der Waals surface area contributed by atoms with Gasteiger partial charge in [-0.3, -0.25) is 0 Å². The molecule has 0 amide bonds. The quantitative estimate of drug-likeness (QED) is 0.315. The average Bonchev–Trinajstić information content (AvgIpc) is 3.12. The van der Waals surface area contributed by atoms with Gasteiger partial charge < -0.3 is 4.74 Å². The lowest BCUT2D eigenvalue weighted by molar-refractivity contribution is 0.0827. The van der Waals surface area contributed by atoms with E-state index in [1.54, 1.807) is 6.07 Å². The largest absolute Gasteiger partial charge is 0.373 e. The van der Waals surface area contributed by atoms with Crippen LogP contribution in [0.1, 0.15) is 30.6 Å². The van der Waals surface area contributed by atoms with Crippen molar-refractivity contribution in [2.24, 2.45) is 11.8 Å². The predicted octanol–water partition coefficient (Wildman–Crippen LogP) is 6.99. The molecule has 1 fully saturated rings. The molecule has 3 aromatic carbocycles. The summed E-state index contributed by atoms with van der Waals surface area (Å²) < 4.78 is 76.0. The van der Waals surface area contributed by atoms with E-state index in [1.165, 1.54) is 18.2 Å². The van der Waals surface area contributed by atoms with Crippen molar-refractivity contribution in [2.45, 2.75) is 25.9 Å². The van der Waals surface area contributed by atoms with Crippen LogP contribution in [0.15, 0.2) is 42.5 Å². The van der Waals surface area contributed by atoms with Crippen LogP contribution in [-0.2, 0) is 11.2 Å². The van der Waals surface area contributed by atoms with Gasteiger partial charge in [0.15, 0.2) is 17.5 Å². The fourth-order valence-electron chi connectivity index (χ4n) is 4.84. The molecular weight excluding hydrogens is 411 g/mol. The highest BCUT2D eigenvalue weighted by Crippen LogP contribution is 2.47. The number of aryl methyl sites for hydroxylation is 1. The molecule has 6 heteroatoms. The summed E-state index contributed by atoms with van der Waals surface area (Å²) in [5.74, 6) is -4.86. The molecule has 3 unspecified atom stereocenters. The van der Waals surface area contributed by atoms with Crippen LogP contribution < -0.4 is 0 Å². The minimum Gasteiger partial charge on any atom is -0.373 e. The highest BCUT2D eigenvalue weighted by molar-refractivity contribution is 5.72. The molecule has 1 heterocycles. The van der Waals surface area contributed by atoms with Crippen LogP contribution >= 0.6 is 0 Å². The van der Waals surface area contributed by atoms with Crippen molar-refractivity contribution in [1.29, 1.82) is 0 Å². The van der Waals surface area contributed by atoms with Gasteiger partial charge in [0.25, 0.3) is 0 Å². The highest BCUT2D eigenvalue weighted by Gasteiger charge is 2.39. The standard InChI is InChI=1S/C25H19F5O/c1-12-11-31-25-16(12)4-2-13-6-18(21(27)10-19(13)25)14-3-5-17(20(26)7-14)15-8-22(28)24(30)23(29)9-15/h3,5-10,12,16,25H,2,4,11H2,1H3. The molecule has 1 aliphatic heterocycles. The second-order valence-electron chi connectivity index (χ2n) is 8.41. The molecule has 0 saturated carbocycles. The molecule has 3 atom stereocenters. The van der Waals surface area contributed by atoms with Gasteiger partial charge in [-0.05, 0) is 77.3 Å². The van der Waals surface area contributed by atoms with E-state index in [9.17, 15) is 17.6 Å². The zero-order chi connectivity index (χ0) is 21.9.